The highest BCUT2D eigenvalue weighted by molar-refractivity contribution is 5.87. The molecule has 3 heterocycles. The Bertz CT molecular complexity index is 1160. The molecule has 0 aliphatic carbocycles. The molecule has 0 unspecified atom stereocenters. The van der Waals surface area contributed by atoms with E-state index in [4.69, 9.17) is 4.74 Å². The summed E-state index contributed by atoms with van der Waals surface area (Å²) in [5.41, 5.74) is 3.86. The van der Waals surface area contributed by atoms with Crippen molar-refractivity contribution >= 4 is 16.7 Å². The van der Waals surface area contributed by atoms with Crippen LogP contribution in [0.15, 0.2) is 30.6 Å². The van der Waals surface area contributed by atoms with E-state index in [-0.39, 0.29) is 11.5 Å². The zero-order valence-corrected chi connectivity index (χ0v) is 14.8. The number of fused-ring (bicyclic) bond motifs is 3. The van der Waals surface area contributed by atoms with Crippen LogP contribution in [0.5, 0.6) is 11.5 Å². The molecule has 138 valence electrons. The van der Waals surface area contributed by atoms with Gasteiger partial charge in [0.2, 0.25) is 0 Å². The van der Waals surface area contributed by atoms with Crippen LogP contribution < -0.4 is 9.47 Å². The maximum absolute atomic E-state index is 12.8. The topological polar surface area (TPSA) is 74.4 Å². The van der Waals surface area contributed by atoms with E-state index < -0.39 is 6.61 Å². The lowest BCUT2D eigenvalue weighted by Crippen LogP contribution is -2.04. The van der Waals surface area contributed by atoms with Gasteiger partial charge in [0.25, 0.3) is 0 Å². The Labute approximate surface area is 152 Å². The first kappa shape index (κ1) is 17.1. The number of nitrogens with zero attached hydrogens (tertiary/aromatic N) is 5. The fourth-order valence-electron chi connectivity index (χ4n) is 3.03. The summed E-state index contributed by atoms with van der Waals surface area (Å²) in [6.45, 7) is 0.775. The molecule has 1 aromatic carbocycles. The fourth-order valence-corrected chi connectivity index (χ4v) is 3.03. The maximum atomic E-state index is 12.8. The average Bonchev–Trinajstić information content (AvgIpc) is 2.98. The van der Waals surface area contributed by atoms with E-state index in [0.717, 1.165) is 11.1 Å². The molecule has 7 nitrogen and oxygen atoms in total. The smallest absolute Gasteiger partial charge is 0.387 e. The van der Waals surface area contributed by atoms with Gasteiger partial charge in [-0.3, -0.25) is 9.38 Å². The van der Waals surface area contributed by atoms with Gasteiger partial charge in [-0.15, -0.1) is 10.2 Å². The van der Waals surface area contributed by atoms with Crippen molar-refractivity contribution in [2.45, 2.75) is 20.5 Å². The van der Waals surface area contributed by atoms with Crippen molar-refractivity contribution in [1.82, 2.24) is 24.6 Å². The van der Waals surface area contributed by atoms with Gasteiger partial charge in [-0.2, -0.15) is 8.78 Å². The van der Waals surface area contributed by atoms with Crippen molar-refractivity contribution in [2.24, 2.45) is 0 Å². The summed E-state index contributed by atoms with van der Waals surface area (Å²) in [5, 5.41) is 8.45. The molecule has 0 aliphatic heterocycles. The van der Waals surface area contributed by atoms with E-state index in [1.807, 2.05) is 19.9 Å². The van der Waals surface area contributed by atoms with E-state index in [1.165, 1.54) is 19.2 Å². The summed E-state index contributed by atoms with van der Waals surface area (Å²) < 4.78 is 37.2. The Morgan fingerprint density at radius 2 is 1.96 bits per heavy atom. The van der Waals surface area contributed by atoms with Crippen LogP contribution in [0.3, 0.4) is 0 Å². The van der Waals surface area contributed by atoms with Crippen molar-refractivity contribution < 1.29 is 18.3 Å². The highest BCUT2D eigenvalue weighted by Crippen LogP contribution is 2.33. The number of methoxy groups -OCH3 is 1. The number of benzene rings is 1. The third-order valence-corrected chi connectivity index (χ3v) is 4.24. The number of rotatable bonds is 4. The minimum Gasteiger partial charge on any atom is -0.494 e. The van der Waals surface area contributed by atoms with E-state index in [2.05, 4.69) is 24.9 Å². The molecule has 0 bridgehead atoms. The van der Waals surface area contributed by atoms with Crippen LogP contribution in [0.1, 0.15) is 11.3 Å². The monoisotopic (exact) mass is 371 g/mol. The Balaban J connectivity index is 2.12. The first-order chi connectivity index (χ1) is 13.0. The standard InChI is InChI=1S/C18H15F2N5O2/c1-9-8-21-5-4-12(9)17-22-10(2)16-24-23-15-13(25(16)17)6-11(27-18(19)20)7-14(15)26-3/h4-8,18H,1-3H3. The van der Waals surface area contributed by atoms with Gasteiger partial charge in [-0.25, -0.2) is 4.98 Å². The van der Waals surface area contributed by atoms with Gasteiger partial charge in [0.1, 0.15) is 11.6 Å². The molecule has 4 rings (SSSR count). The highest BCUT2D eigenvalue weighted by Gasteiger charge is 2.19. The molecule has 0 saturated carbocycles. The lowest BCUT2D eigenvalue weighted by molar-refractivity contribution is -0.0498. The Morgan fingerprint density at radius 3 is 2.67 bits per heavy atom. The summed E-state index contributed by atoms with van der Waals surface area (Å²) in [6.07, 6.45) is 3.40. The number of alkyl halides is 2. The predicted octanol–water partition coefficient (Wildman–Crippen LogP) is 3.57. The van der Waals surface area contributed by atoms with Gasteiger partial charge < -0.3 is 9.47 Å². The zero-order chi connectivity index (χ0) is 19.1. The van der Waals surface area contributed by atoms with Crippen molar-refractivity contribution in [3.8, 4) is 22.9 Å². The third kappa shape index (κ3) is 2.80. The van der Waals surface area contributed by atoms with E-state index in [1.54, 1.807) is 16.8 Å². The number of imidazole rings is 1. The van der Waals surface area contributed by atoms with Crippen molar-refractivity contribution in [3.63, 3.8) is 0 Å². The normalized spacial score (nSPS) is 11.5. The van der Waals surface area contributed by atoms with Gasteiger partial charge >= 0.3 is 6.61 Å². The SMILES string of the molecule is COc1cc(OC(F)F)cc2c1nnc1c(C)nc(-c3ccncc3C)n12. The van der Waals surface area contributed by atoms with Gasteiger partial charge in [-0.1, -0.05) is 0 Å². The number of ether oxygens (including phenoxy) is 2. The Kier molecular flexibility index (Phi) is 4.06. The number of aromatic nitrogens is 5. The average molecular weight is 371 g/mol. The Hall–Kier alpha value is -3.36. The second-order valence-corrected chi connectivity index (χ2v) is 5.94. The third-order valence-electron chi connectivity index (χ3n) is 4.24. The van der Waals surface area contributed by atoms with Crippen molar-refractivity contribution in [2.75, 3.05) is 7.11 Å². The molecule has 0 radical (unpaired) electrons. The van der Waals surface area contributed by atoms with Crippen LogP contribution >= 0.6 is 0 Å². The minimum atomic E-state index is -2.95. The van der Waals surface area contributed by atoms with Gasteiger partial charge in [0.15, 0.2) is 16.9 Å². The molecule has 0 saturated heterocycles. The van der Waals surface area contributed by atoms with Gasteiger partial charge in [0.05, 0.1) is 18.3 Å². The van der Waals surface area contributed by atoms with Gasteiger partial charge in [-0.05, 0) is 25.5 Å². The first-order valence-electron chi connectivity index (χ1n) is 8.09. The lowest BCUT2D eigenvalue weighted by Gasteiger charge is -2.12. The van der Waals surface area contributed by atoms with Crippen LogP contribution in [-0.2, 0) is 0 Å². The first-order valence-corrected chi connectivity index (χ1v) is 8.09. The van der Waals surface area contributed by atoms with Crippen molar-refractivity contribution in [3.05, 3.63) is 41.9 Å². The van der Waals surface area contributed by atoms with Crippen LogP contribution in [0.4, 0.5) is 8.78 Å². The molecule has 0 aliphatic rings. The largest absolute Gasteiger partial charge is 0.494 e. The number of aryl methyl sites for hydroxylation is 2. The lowest BCUT2D eigenvalue weighted by atomic mass is 10.1. The molecule has 4 aromatic rings. The summed E-state index contributed by atoms with van der Waals surface area (Å²) in [4.78, 5) is 8.73. The summed E-state index contributed by atoms with van der Waals surface area (Å²) in [6, 6.07) is 4.68. The molecule has 0 amide bonds. The van der Waals surface area contributed by atoms with Gasteiger partial charge in [0, 0.05) is 30.1 Å². The van der Waals surface area contributed by atoms with Crippen LogP contribution in [-0.4, -0.2) is 38.3 Å². The molecular formula is C18H15F2N5O2. The molecular weight excluding hydrogens is 356 g/mol. The molecule has 0 N–H and O–H groups in total. The molecule has 9 heteroatoms. The fraction of sp³-hybridized carbons (Fsp3) is 0.222. The number of pyridine rings is 1. The molecule has 27 heavy (non-hydrogen) atoms. The second kappa shape index (κ2) is 6.42. The number of hydrogen-bond donors (Lipinski definition) is 0. The molecule has 0 spiro atoms. The number of halogens is 2. The predicted molar refractivity (Wildman–Crippen MR) is 94.2 cm³/mol. The van der Waals surface area contributed by atoms with E-state index >= 15 is 0 Å². The van der Waals surface area contributed by atoms with E-state index in [9.17, 15) is 8.78 Å². The van der Waals surface area contributed by atoms with Crippen LogP contribution in [0.25, 0.3) is 28.1 Å². The van der Waals surface area contributed by atoms with E-state index in [0.29, 0.717) is 28.2 Å². The quantitative estimate of drug-likeness (QED) is 0.546. The van der Waals surface area contributed by atoms with Crippen LogP contribution in [0, 0.1) is 13.8 Å². The molecule has 3 aromatic heterocycles. The zero-order valence-electron chi connectivity index (χ0n) is 14.8. The Morgan fingerprint density at radius 1 is 1.15 bits per heavy atom. The summed E-state index contributed by atoms with van der Waals surface area (Å²) >= 11 is 0. The molecule has 0 fully saturated rings. The highest BCUT2D eigenvalue weighted by atomic mass is 19.3. The molecule has 0 atom stereocenters. The summed E-state index contributed by atoms with van der Waals surface area (Å²) in [7, 11) is 1.43. The summed E-state index contributed by atoms with van der Waals surface area (Å²) in [5.74, 6) is 0.854. The maximum Gasteiger partial charge on any atom is 0.387 e. The number of hydrogen-bond acceptors (Lipinski definition) is 6. The minimum absolute atomic E-state index is 0.0348. The second-order valence-electron chi connectivity index (χ2n) is 5.94. The van der Waals surface area contributed by atoms with Crippen LogP contribution in [0.2, 0.25) is 0 Å². The van der Waals surface area contributed by atoms with Crippen molar-refractivity contribution in [1.29, 1.82) is 0 Å².